The Balaban J connectivity index is 0.000000742. The van der Waals surface area contributed by atoms with Gasteiger partial charge in [-0.2, -0.15) is 9.79 Å². The summed E-state index contributed by atoms with van der Waals surface area (Å²) in [4.78, 5) is 1.98. The van der Waals surface area contributed by atoms with E-state index in [1.807, 2.05) is 0 Å². The molecule has 0 aliphatic rings. The molecule has 0 saturated heterocycles. The van der Waals surface area contributed by atoms with Crippen LogP contribution in [0.25, 0.3) is 44.5 Å². The average Bonchev–Trinajstić information content (AvgIpc) is 3.32. The molecule has 6 aromatic carbocycles. The van der Waals surface area contributed by atoms with E-state index in [1.165, 1.54) is 111 Å². The first kappa shape index (κ1) is 73.8. The van der Waals surface area contributed by atoms with E-state index in [9.17, 15) is 0 Å². The van der Waals surface area contributed by atoms with E-state index in [0.717, 1.165) is 9.79 Å². The predicted octanol–water partition coefficient (Wildman–Crippen LogP) is 20.3. The minimum atomic E-state index is 0. The molecule has 0 aliphatic carbocycles. The van der Waals surface area contributed by atoms with Crippen LogP contribution in [0.5, 0.6) is 0 Å². The first-order valence-corrected chi connectivity index (χ1v) is 29.7. The van der Waals surface area contributed by atoms with Crippen LogP contribution in [0.15, 0.2) is 94.7 Å². The second-order valence-electron chi connectivity index (χ2n) is 25.5. The molecule has 0 aliphatic heterocycles. The minimum absolute atomic E-state index is 0. The van der Waals surface area contributed by atoms with Gasteiger partial charge in [-0.1, -0.05) is 251 Å². The van der Waals surface area contributed by atoms with Gasteiger partial charge in [0.25, 0.3) is 0 Å². The van der Waals surface area contributed by atoms with Gasteiger partial charge in [0.15, 0.2) is 0 Å². The molecule has 0 saturated carbocycles. The Labute approximate surface area is 531 Å². The van der Waals surface area contributed by atoms with Crippen molar-refractivity contribution in [2.75, 3.05) is 0 Å². The summed E-state index contributed by atoms with van der Waals surface area (Å²) in [5.74, 6) is 5.39. The molecule has 0 amide bonds. The monoisotopic (exact) mass is 1290 g/mol. The Kier molecular flexibility index (Phi) is 29.8. The molecule has 0 spiro atoms. The van der Waals surface area contributed by atoms with Crippen LogP contribution in [0.2, 0.25) is 0 Å². The van der Waals surface area contributed by atoms with Crippen LogP contribution in [0, 0.1) is 0 Å². The summed E-state index contributed by atoms with van der Waals surface area (Å²) in [6.45, 7) is 55.5. The van der Waals surface area contributed by atoms with Gasteiger partial charge in [0, 0.05) is 0 Å². The van der Waals surface area contributed by atoms with Crippen LogP contribution in [0.4, 0.5) is 0 Å². The summed E-state index contributed by atoms with van der Waals surface area (Å²) in [6, 6.07) is 33.0. The molecule has 0 nitrogen and oxygen atoms in total. The molecule has 6 rings (SSSR count). The van der Waals surface area contributed by atoms with Crippen LogP contribution in [0.3, 0.4) is 0 Å². The zero-order valence-electron chi connectivity index (χ0n) is 52.1. The standard InChI is InChI=1S/2C36H50S.BrH.3Cu/c2*1-20(2)26-16-30(22(5)6)34(31(17-26)23(7)8)28-14-13-15-29(36(28)37)35-32(24(9)10)18-27(21(3)4)19-33(35)25(11)12;;;;/h2*13-25,37H,1-12H3;1H;;;/q;;;3*+1/p-3. The van der Waals surface area contributed by atoms with Gasteiger partial charge in [0.2, 0.25) is 0 Å². The average molecular weight is 1300 g/mol. The second kappa shape index (κ2) is 31.5. The Morgan fingerprint density at radius 3 is 0.462 bits per heavy atom. The van der Waals surface area contributed by atoms with E-state index in [1.54, 1.807) is 0 Å². The van der Waals surface area contributed by atoms with Crippen molar-refractivity contribution in [2.45, 2.75) is 247 Å². The number of benzene rings is 6. The summed E-state index contributed by atoms with van der Waals surface area (Å²) in [6.07, 6.45) is 0. The predicted molar refractivity (Wildman–Crippen MR) is 335 cm³/mol. The Morgan fingerprint density at radius 1 is 0.231 bits per heavy atom. The molecule has 6 heteroatoms. The molecule has 0 N–H and O–H groups in total. The Morgan fingerprint density at radius 2 is 0.359 bits per heavy atom. The molecule has 438 valence electrons. The van der Waals surface area contributed by atoms with Gasteiger partial charge in [-0.25, -0.2) is 0 Å². The third-order valence-electron chi connectivity index (χ3n) is 15.6. The fourth-order valence-electron chi connectivity index (χ4n) is 10.9. The molecule has 0 radical (unpaired) electrons. The van der Waals surface area contributed by atoms with Gasteiger partial charge in [-0.05, 0) is 182 Å². The molecule has 0 fully saturated rings. The quantitative estimate of drug-likeness (QED) is 0.0700. The summed E-state index contributed by atoms with van der Waals surface area (Å²) >= 11 is 12.8. The van der Waals surface area contributed by atoms with Crippen molar-refractivity contribution in [3.05, 3.63) is 152 Å². The fraction of sp³-hybridized carbons (Fsp3) is 0.500. The van der Waals surface area contributed by atoms with Crippen LogP contribution < -0.4 is 17.0 Å². The van der Waals surface area contributed by atoms with E-state index in [-0.39, 0.29) is 68.2 Å². The first-order valence-electron chi connectivity index (χ1n) is 28.8. The van der Waals surface area contributed by atoms with E-state index < -0.39 is 0 Å². The summed E-state index contributed by atoms with van der Waals surface area (Å²) in [7, 11) is 0. The van der Waals surface area contributed by atoms with Gasteiger partial charge in [0.05, 0.1) is 0 Å². The summed E-state index contributed by atoms with van der Waals surface area (Å²) in [5, 5.41) is 0. The number of hydrogen-bond acceptors (Lipinski definition) is 2. The van der Waals surface area contributed by atoms with Crippen LogP contribution >= 0.6 is 0 Å². The molecule has 0 atom stereocenters. The van der Waals surface area contributed by atoms with E-state index in [0.29, 0.717) is 71.0 Å². The number of rotatable bonds is 16. The SMILES string of the molecule is CC(C)c1cc(C(C)C)c(-c2cccc(-c3c(C(C)C)cc(C(C)C)cc3C(C)C)c2[S-])c(C(C)C)c1.CC(C)c1cc(C(C)C)c(-c2cccc(-c3c(C(C)C)cc(C(C)C)cc3C(C)C)c2[S-])c(C(C)C)c1.[Br-].[Cu+].[Cu+].[Cu+]. The molecule has 0 bridgehead atoms. The van der Waals surface area contributed by atoms with Gasteiger partial charge < -0.3 is 42.2 Å². The maximum Gasteiger partial charge on any atom is 1.00 e. The van der Waals surface area contributed by atoms with Crippen LogP contribution in [-0.4, -0.2) is 0 Å². The third-order valence-corrected chi connectivity index (χ3v) is 16.5. The Bertz CT molecular complexity index is 2390. The van der Waals surface area contributed by atoms with Crippen molar-refractivity contribution in [3.63, 3.8) is 0 Å². The number of halogens is 1. The van der Waals surface area contributed by atoms with Crippen molar-refractivity contribution in [2.24, 2.45) is 0 Å². The second-order valence-corrected chi connectivity index (χ2v) is 26.3. The molecule has 0 heterocycles. The van der Waals surface area contributed by atoms with Gasteiger partial charge >= 0.3 is 51.2 Å². The molecule has 0 aromatic heterocycles. The molecule has 78 heavy (non-hydrogen) atoms. The fourth-order valence-corrected chi connectivity index (χ4v) is 11.6. The maximum absolute atomic E-state index is 6.41. The van der Waals surface area contributed by atoms with Gasteiger partial charge in [-0.15, -0.1) is 0 Å². The van der Waals surface area contributed by atoms with E-state index in [2.05, 4.69) is 251 Å². The van der Waals surface area contributed by atoms with Crippen molar-refractivity contribution in [3.8, 4) is 44.5 Å². The molecule has 6 aromatic rings. The van der Waals surface area contributed by atoms with Crippen molar-refractivity contribution < 1.29 is 68.2 Å². The Hall–Kier alpha value is -2.20. The largest absolute Gasteiger partial charge is 1.00 e. The van der Waals surface area contributed by atoms with Crippen molar-refractivity contribution in [1.82, 2.24) is 0 Å². The van der Waals surface area contributed by atoms with Crippen LogP contribution in [0.1, 0.15) is 304 Å². The first-order chi connectivity index (χ1) is 34.5. The molecular formula is C72H98BrCu3S2. The summed E-state index contributed by atoms with van der Waals surface area (Å²) < 4.78 is 0. The number of hydrogen-bond donors (Lipinski definition) is 0. The van der Waals surface area contributed by atoms with Crippen molar-refractivity contribution in [1.29, 1.82) is 0 Å². The maximum atomic E-state index is 6.41. The smallest absolute Gasteiger partial charge is 1.00 e. The zero-order chi connectivity index (χ0) is 55.5. The summed E-state index contributed by atoms with van der Waals surface area (Å²) in [5.41, 5.74) is 27.3. The topological polar surface area (TPSA) is 0 Å². The zero-order valence-corrected chi connectivity index (χ0v) is 58.2. The molecule has 0 unspecified atom stereocenters. The van der Waals surface area contributed by atoms with Crippen LogP contribution in [-0.2, 0) is 76.5 Å². The van der Waals surface area contributed by atoms with E-state index >= 15 is 0 Å². The van der Waals surface area contributed by atoms with E-state index in [4.69, 9.17) is 25.3 Å². The van der Waals surface area contributed by atoms with Gasteiger partial charge in [0.1, 0.15) is 0 Å². The third kappa shape index (κ3) is 16.5. The normalized spacial score (nSPS) is 11.6. The van der Waals surface area contributed by atoms with Crippen molar-refractivity contribution >= 4 is 25.3 Å². The minimum Gasteiger partial charge on any atom is -1.00 e. The van der Waals surface area contributed by atoms with Gasteiger partial charge in [-0.3, -0.25) is 0 Å². The molecular weight excluding hydrogens is 1200 g/mol.